The molecule has 1 aliphatic rings. The summed E-state index contributed by atoms with van der Waals surface area (Å²) in [5.74, 6) is -0.763. The van der Waals surface area contributed by atoms with Crippen LogP contribution in [0.3, 0.4) is 0 Å². The number of carbonyl (C=O) groups excluding carboxylic acids is 3. The van der Waals surface area contributed by atoms with Gasteiger partial charge < -0.3 is 10.1 Å². The van der Waals surface area contributed by atoms with Crippen LogP contribution in [0.4, 0.5) is 10.2 Å². The van der Waals surface area contributed by atoms with Crippen LogP contribution in [-0.4, -0.2) is 27.7 Å². The van der Waals surface area contributed by atoms with Crippen molar-refractivity contribution < 1.29 is 23.5 Å². The number of rotatable bonds is 5. The lowest BCUT2D eigenvalue weighted by atomic mass is 9.83. The van der Waals surface area contributed by atoms with Crippen LogP contribution in [0, 0.1) is 5.82 Å². The predicted octanol–water partition coefficient (Wildman–Crippen LogP) is 5.31. The van der Waals surface area contributed by atoms with Crippen LogP contribution in [0.5, 0.6) is 5.75 Å². The maximum absolute atomic E-state index is 13.9. The number of carbonyl (C=O) groups is 3. The van der Waals surface area contributed by atoms with Crippen LogP contribution in [-0.2, 0) is 6.61 Å². The van der Waals surface area contributed by atoms with E-state index in [2.05, 4.69) is 15.5 Å². The van der Waals surface area contributed by atoms with Crippen molar-refractivity contribution in [2.75, 3.05) is 5.32 Å². The first-order valence-corrected chi connectivity index (χ1v) is 11.5. The molecule has 0 spiro atoms. The fourth-order valence-electron chi connectivity index (χ4n) is 4.41. The van der Waals surface area contributed by atoms with Gasteiger partial charge in [0.2, 0.25) is 0 Å². The van der Waals surface area contributed by atoms with E-state index >= 15 is 0 Å². The molecule has 0 aliphatic heterocycles. The molecule has 180 valence electrons. The highest BCUT2D eigenvalue weighted by Gasteiger charge is 2.29. The second kappa shape index (κ2) is 8.83. The zero-order valence-electron chi connectivity index (χ0n) is 19.2. The van der Waals surface area contributed by atoms with Crippen molar-refractivity contribution in [2.45, 2.75) is 6.61 Å². The van der Waals surface area contributed by atoms with Gasteiger partial charge in [-0.3, -0.25) is 19.5 Å². The van der Waals surface area contributed by atoms with E-state index < -0.39 is 11.7 Å². The van der Waals surface area contributed by atoms with Gasteiger partial charge in [-0.2, -0.15) is 5.10 Å². The number of hydrogen-bond donors (Lipinski definition) is 2. The molecule has 1 amide bonds. The minimum Gasteiger partial charge on any atom is -0.489 e. The number of nitrogens with one attached hydrogen (secondary N) is 2. The molecule has 37 heavy (non-hydrogen) atoms. The van der Waals surface area contributed by atoms with E-state index in [-0.39, 0.29) is 29.6 Å². The van der Waals surface area contributed by atoms with Gasteiger partial charge in [0.25, 0.3) is 5.91 Å². The molecule has 1 heterocycles. The van der Waals surface area contributed by atoms with E-state index in [1.165, 1.54) is 18.2 Å². The summed E-state index contributed by atoms with van der Waals surface area (Å²) < 4.78 is 19.8. The topological polar surface area (TPSA) is 101 Å². The average Bonchev–Trinajstić information content (AvgIpc) is 3.32. The molecule has 0 atom stereocenters. The van der Waals surface area contributed by atoms with Crippen LogP contribution in [0.25, 0.3) is 10.9 Å². The van der Waals surface area contributed by atoms with E-state index in [1.54, 1.807) is 66.7 Å². The molecular weight excluding hydrogens is 473 g/mol. The van der Waals surface area contributed by atoms with Crippen LogP contribution >= 0.6 is 0 Å². The van der Waals surface area contributed by atoms with Gasteiger partial charge in [0, 0.05) is 33.7 Å². The van der Waals surface area contributed by atoms with E-state index in [0.717, 1.165) is 5.56 Å². The summed E-state index contributed by atoms with van der Waals surface area (Å²) in [4.78, 5) is 38.2. The Morgan fingerprint density at radius 1 is 0.838 bits per heavy atom. The lowest BCUT2D eigenvalue weighted by Gasteiger charge is -2.18. The minimum atomic E-state index is -0.618. The number of ketones is 2. The highest BCUT2D eigenvalue weighted by molar-refractivity contribution is 6.28. The summed E-state index contributed by atoms with van der Waals surface area (Å²) in [6.07, 6.45) is 0. The molecule has 0 fully saturated rings. The molecule has 5 aromatic rings. The number of hydrogen-bond acceptors (Lipinski definition) is 5. The molecule has 8 heteroatoms. The SMILES string of the molecule is O=C(Nc1n[nH]c2cc(OCc3ccc4c(c3)C(=O)c3ccccc3C4=O)ccc12)c1ccccc1F. The number of fused-ring (bicyclic) bond motifs is 3. The van der Waals surface area contributed by atoms with Crippen molar-refractivity contribution in [3.63, 3.8) is 0 Å². The fraction of sp³-hybridized carbons (Fsp3) is 0.0345. The number of aromatic amines is 1. The lowest BCUT2D eigenvalue weighted by molar-refractivity contribution is 0.0979. The Balaban J connectivity index is 1.19. The molecule has 0 saturated heterocycles. The van der Waals surface area contributed by atoms with Gasteiger partial charge in [0.15, 0.2) is 17.4 Å². The van der Waals surface area contributed by atoms with E-state index in [0.29, 0.717) is 38.9 Å². The summed E-state index contributed by atoms with van der Waals surface area (Å²) >= 11 is 0. The summed E-state index contributed by atoms with van der Waals surface area (Å²) in [6, 6.07) is 22.8. The maximum Gasteiger partial charge on any atom is 0.259 e. The van der Waals surface area contributed by atoms with Gasteiger partial charge in [-0.05, 0) is 42.0 Å². The van der Waals surface area contributed by atoms with Crippen molar-refractivity contribution in [3.05, 3.63) is 124 Å². The highest BCUT2D eigenvalue weighted by Crippen LogP contribution is 2.29. The van der Waals surface area contributed by atoms with Crippen LogP contribution in [0.2, 0.25) is 0 Å². The second-order valence-electron chi connectivity index (χ2n) is 8.59. The summed E-state index contributed by atoms with van der Waals surface area (Å²) in [6.45, 7) is 0.174. The molecule has 0 radical (unpaired) electrons. The Labute approximate surface area is 209 Å². The fourth-order valence-corrected chi connectivity index (χ4v) is 4.41. The van der Waals surface area contributed by atoms with Gasteiger partial charge >= 0.3 is 0 Å². The first kappa shape index (κ1) is 22.4. The van der Waals surface area contributed by atoms with Crippen LogP contribution < -0.4 is 10.1 Å². The first-order valence-electron chi connectivity index (χ1n) is 11.5. The third kappa shape index (κ3) is 3.94. The molecule has 0 unspecified atom stereocenters. The zero-order valence-corrected chi connectivity index (χ0v) is 19.2. The normalized spacial score (nSPS) is 12.2. The van der Waals surface area contributed by atoms with E-state index in [4.69, 9.17) is 4.74 Å². The number of H-pyrrole nitrogens is 1. The Morgan fingerprint density at radius 3 is 2.32 bits per heavy atom. The third-order valence-electron chi connectivity index (χ3n) is 6.28. The van der Waals surface area contributed by atoms with E-state index in [9.17, 15) is 18.8 Å². The first-order chi connectivity index (χ1) is 18.0. The molecule has 4 aromatic carbocycles. The number of benzene rings is 4. The largest absolute Gasteiger partial charge is 0.489 e. The van der Waals surface area contributed by atoms with Crippen molar-refractivity contribution in [1.29, 1.82) is 0 Å². The average molecular weight is 491 g/mol. The lowest BCUT2D eigenvalue weighted by Crippen LogP contribution is -2.21. The summed E-state index contributed by atoms with van der Waals surface area (Å²) in [5.41, 5.74) is 2.85. The summed E-state index contributed by atoms with van der Waals surface area (Å²) in [5, 5.41) is 10.2. The monoisotopic (exact) mass is 491 g/mol. The van der Waals surface area contributed by atoms with Gasteiger partial charge in [0.05, 0.1) is 11.1 Å². The molecule has 7 nitrogen and oxygen atoms in total. The summed E-state index contributed by atoms with van der Waals surface area (Å²) in [7, 11) is 0. The number of halogens is 1. The molecule has 0 bridgehead atoms. The highest BCUT2D eigenvalue weighted by atomic mass is 19.1. The smallest absolute Gasteiger partial charge is 0.259 e. The van der Waals surface area contributed by atoms with Crippen molar-refractivity contribution in [1.82, 2.24) is 10.2 Å². The molecule has 1 aromatic heterocycles. The molecule has 6 rings (SSSR count). The predicted molar refractivity (Wildman–Crippen MR) is 135 cm³/mol. The Hall–Kier alpha value is -5.11. The Morgan fingerprint density at radius 2 is 1.54 bits per heavy atom. The number of nitrogens with zero attached hydrogens (tertiary/aromatic N) is 1. The van der Waals surface area contributed by atoms with Gasteiger partial charge in [-0.15, -0.1) is 0 Å². The number of aromatic nitrogens is 2. The van der Waals surface area contributed by atoms with Gasteiger partial charge in [-0.25, -0.2) is 4.39 Å². The van der Waals surface area contributed by atoms with Gasteiger partial charge in [-0.1, -0.05) is 42.5 Å². The molecular formula is C29H18FN3O4. The minimum absolute atomic E-state index is 0.0766. The Kier molecular flexibility index (Phi) is 5.34. The zero-order chi connectivity index (χ0) is 25.5. The standard InChI is InChI=1S/C29H18FN3O4/c30-24-8-4-3-7-21(24)29(36)31-28-22-12-10-17(14-25(22)32-33-28)37-15-16-9-11-20-23(13-16)27(35)19-6-2-1-5-18(19)26(20)34/h1-14H,15H2,(H2,31,32,33,36). The van der Waals surface area contributed by atoms with Crippen molar-refractivity contribution >= 4 is 34.2 Å². The Bertz CT molecular complexity index is 1740. The number of ether oxygens (including phenoxy) is 1. The quantitative estimate of drug-likeness (QED) is 0.340. The maximum atomic E-state index is 13.9. The van der Waals surface area contributed by atoms with Crippen LogP contribution in [0.15, 0.2) is 84.9 Å². The van der Waals surface area contributed by atoms with Crippen molar-refractivity contribution in [2.24, 2.45) is 0 Å². The van der Waals surface area contributed by atoms with Crippen LogP contribution in [0.1, 0.15) is 47.8 Å². The number of amides is 1. The molecule has 2 N–H and O–H groups in total. The second-order valence-corrected chi connectivity index (χ2v) is 8.59. The molecule has 1 aliphatic carbocycles. The van der Waals surface area contributed by atoms with Crippen molar-refractivity contribution in [3.8, 4) is 5.75 Å². The third-order valence-corrected chi connectivity index (χ3v) is 6.28. The van der Waals surface area contributed by atoms with Gasteiger partial charge in [0.1, 0.15) is 18.2 Å². The van der Waals surface area contributed by atoms with E-state index in [1.807, 2.05) is 0 Å². The molecule has 0 saturated carbocycles. The number of anilines is 1.